The molecule has 4 nitrogen and oxygen atoms in total. The molecule has 1 aliphatic heterocycles. The van der Waals surface area contributed by atoms with Gasteiger partial charge >= 0.3 is 5.97 Å². The van der Waals surface area contributed by atoms with Gasteiger partial charge in [0.05, 0.1) is 0 Å². The van der Waals surface area contributed by atoms with Crippen molar-refractivity contribution in [1.82, 2.24) is 4.90 Å². The van der Waals surface area contributed by atoms with Crippen LogP contribution in [0.4, 0.5) is 0 Å². The summed E-state index contributed by atoms with van der Waals surface area (Å²) in [5.74, 6) is 0.716. The lowest BCUT2D eigenvalue weighted by molar-refractivity contribution is -0.138. The number of carboxylic acids is 1. The van der Waals surface area contributed by atoms with Crippen LogP contribution >= 0.6 is 0 Å². The zero-order chi connectivity index (χ0) is 15.1. The van der Waals surface area contributed by atoms with Crippen LogP contribution in [0.1, 0.15) is 70.6 Å². The van der Waals surface area contributed by atoms with Gasteiger partial charge in [-0.3, -0.25) is 9.59 Å². The average molecular weight is 295 g/mol. The Morgan fingerprint density at radius 1 is 0.905 bits per heavy atom. The molecule has 0 aromatic rings. The molecule has 0 aromatic heterocycles. The molecule has 120 valence electrons. The Kier molecular flexibility index (Phi) is 6.52. The number of rotatable bonds is 5. The summed E-state index contributed by atoms with van der Waals surface area (Å²) >= 11 is 0. The van der Waals surface area contributed by atoms with Crippen LogP contribution in [0.3, 0.4) is 0 Å². The van der Waals surface area contributed by atoms with Crippen molar-refractivity contribution in [2.45, 2.75) is 70.6 Å². The number of carbonyl (C=O) groups is 2. The summed E-state index contributed by atoms with van der Waals surface area (Å²) < 4.78 is 0. The standard InChI is InChI=1S/C17H29NO3/c19-16(13-15-5-3-1-2-4-6-15)18-11-9-14(10-12-18)7-8-17(20)21/h14-15H,1-13H2,(H,20,21). The molecule has 4 heteroatoms. The van der Waals surface area contributed by atoms with E-state index < -0.39 is 5.97 Å². The summed E-state index contributed by atoms with van der Waals surface area (Å²) in [7, 11) is 0. The summed E-state index contributed by atoms with van der Waals surface area (Å²) in [6.07, 6.45) is 11.4. The summed E-state index contributed by atoms with van der Waals surface area (Å²) in [5, 5.41) is 8.73. The number of likely N-dealkylation sites (tertiary alicyclic amines) is 1. The average Bonchev–Trinajstić information content (AvgIpc) is 2.74. The van der Waals surface area contributed by atoms with E-state index in [-0.39, 0.29) is 6.42 Å². The second-order valence-corrected chi connectivity index (χ2v) is 6.82. The van der Waals surface area contributed by atoms with Crippen molar-refractivity contribution in [3.05, 3.63) is 0 Å². The van der Waals surface area contributed by atoms with Crippen LogP contribution in [0, 0.1) is 11.8 Å². The highest BCUT2D eigenvalue weighted by molar-refractivity contribution is 5.76. The molecule has 0 aromatic carbocycles. The van der Waals surface area contributed by atoms with Gasteiger partial charge in [0, 0.05) is 25.9 Å². The third kappa shape index (κ3) is 5.68. The van der Waals surface area contributed by atoms with Crippen LogP contribution in [0.15, 0.2) is 0 Å². The molecule has 1 saturated carbocycles. The van der Waals surface area contributed by atoms with Crippen LogP contribution in [0.2, 0.25) is 0 Å². The summed E-state index contributed by atoms with van der Waals surface area (Å²) in [4.78, 5) is 25.0. The van der Waals surface area contributed by atoms with Gasteiger partial charge in [-0.15, -0.1) is 0 Å². The molecule has 1 saturated heterocycles. The maximum Gasteiger partial charge on any atom is 0.303 e. The van der Waals surface area contributed by atoms with Crippen molar-refractivity contribution in [2.24, 2.45) is 11.8 Å². The molecule has 0 radical (unpaired) electrons. The van der Waals surface area contributed by atoms with Crippen molar-refractivity contribution in [2.75, 3.05) is 13.1 Å². The maximum absolute atomic E-state index is 12.4. The fourth-order valence-electron chi connectivity index (χ4n) is 3.74. The van der Waals surface area contributed by atoms with Gasteiger partial charge in [0.1, 0.15) is 0 Å². The minimum absolute atomic E-state index is 0.265. The summed E-state index contributed by atoms with van der Waals surface area (Å²) in [6.45, 7) is 1.66. The van der Waals surface area contributed by atoms with E-state index in [0.29, 0.717) is 17.7 Å². The zero-order valence-corrected chi connectivity index (χ0v) is 13.1. The largest absolute Gasteiger partial charge is 0.481 e. The highest BCUT2D eigenvalue weighted by Gasteiger charge is 2.25. The van der Waals surface area contributed by atoms with E-state index in [9.17, 15) is 9.59 Å². The first-order valence-electron chi connectivity index (χ1n) is 8.64. The molecule has 0 bridgehead atoms. The molecular weight excluding hydrogens is 266 g/mol. The number of hydrogen-bond donors (Lipinski definition) is 1. The van der Waals surface area contributed by atoms with Gasteiger partial charge in [-0.25, -0.2) is 0 Å². The monoisotopic (exact) mass is 295 g/mol. The molecule has 21 heavy (non-hydrogen) atoms. The number of piperidine rings is 1. The quantitative estimate of drug-likeness (QED) is 0.790. The minimum atomic E-state index is -0.707. The first kappa shape index (κ1) is 16.3. The Morgan fingerprint density at radius 2 is 1.52 bits per heavy atom. The topological polar surface area (TPSA) is 57.6 Å². The van der Waals surface area contributed by atoms with E-state index >= 15 is 0 Å². The Hall–Kier alpha value is -1.06. The van der Waals surface area contributed by atoms with E-state index in [2.05, 4.69) is 0 Å². The Balaban J connectivity index is 1.68. The molecule has 1 aliphatic carbocycles. The number of amides is 1. The van der Waals surface area contributed by atoms with Gasteiger partial charge in [0.2, 0.25) is 5.91 Å². The first-order valence-corrected chi connectivity index (χ1v) is 8.64. The van der Waals surface area contributed by atoms with Crippen LogP contribution < -0.4 is 0 Å². The molecule has 1 N–H and O–H groups in total. The van der Waals surface area contributed by atoms with Gasteiger partial charge in [0.25, 0.3) is 0 Å². The Bertz CT molecular complexity index is 340. The maximum atomic E-state index is 12.4. The predicted octanol–water partition coefficient (Wildman–Crippen LogP) is 3.45. The summed E-state index contributed by atoms with van der Waals surface area (Å²) in [6, 6.07) is 0. The number of hydrogen-bond acceptors (Lipinski definition) is 2. The number of aliphatic carboxylic acids is 1. The lowest BCUT2D eigenvalue weighted by atomic mass is 9.91. The van der Waals surface area contributed by atoms with E-state index in [1.807, 2.05) is 4.90 Å². The number of carbonyl (C=O) groups excluding carboxylic acids is 1. The van der Waals surface area contributed by atoms with Crippen molar-refractivity contribution in [3.63, 3.8) is 0 Å². The van der Waals surface area contributed by atoms with Crippen LogP contribution in [0.5, 0.6) is 0 Å². The van der Waals surface area contributed by atoms with E-state index in [1.165, 1.54) is 38.5 Å². The van der Waals surface area contributed by atoms with Gasteiger partial charge in [-0.05, 0) is 43.9 Å². The molecule has 0 atom stereocenters. The molecule has 1 heterocycles. The number of carboxylic acid groups (broad SMARTS) is 1. The lowest BCUT2D eigenvalue weighted by Crippen LogP contribution is -2.39. The third-order valence-electron chi connectivity index (χ3n) is 5.17. The lowest BCUT2D eigenvalue weighted by Gasteiger charge is -2.32. The molecule has 1 amide bonds. The van der Waals surface area contributed by atoms with E-state index in [0.717, 1.165) is 38.8 Å². The smallest absolute Gasteiger partial charge is 0.303 e. The van der Waals surface area contributed by atoms with Crippen molar-refractivity contribution >= 4 is 11.9 Å². The molecule has 2 fully saturated rings. The van der Waals surface area contributed by atoms with E-state index in [4.69, 9.17) is 5.11 Å². The molecule has 0 unspecified atom stereocenters. The number of nitrogens with zero attached hydrogens (tertiary/aromatic N) is 1. The van der Waals surface area contributed by atoms with E-state index in [1.54, 1.807) is 0 Å². The normalized spacial score (nSPS) is 22.0. The Labute approximate surface area is 127 Å². The van der Waals surface area contributed by atoms with Gasteiger partial charge in [-0.2, -0.15) is 0 Å². The van der Waals surface area contributed by atoms with Crippen molar-refractivity contribution < 1.29 is 14.7 Å². The van der Waals surface area contributed by atoms with Crippen LogP contribution in [-0.4, -0.2) is 35.0 Å². The van der Waals surface area contributed by atoms with Crippen LogP contribution in [0.25, 0.3) is 0 Å². The Morgan fingerprint density at radius 3 is 2.10 bits per heavy atom. The first-order chi connectivity index (χ1) is 10.1. The van der Waals surface area contributed by atoms with Crippen LogP contribution in [-0.2, 0) is 9.59 Å². The van der Waals surface area contributed by atoms with Gasteiger partial charge < -0.3 is 10.0 Å². The van der Waals surface area contributed by atoms with Gasteiger partial charge in [-0.1, -0.05) is 25.7 Å². The van der Waals surface area contributed by atoms with Crippen molar-refractivity contribution in [3.8, 4) is 0 Å². The zero-order valence-electron chi connectivity index (χ0n) is 13.1. The predicted molar refractivity (Wildman–Crippen MR) is 82.0 cm³/mol. The van der Waals surface area contributed by atoms with Gasteiger partial charge in [0.15, 0.2) is 0 Å². The third-order valence-corrected chi connectivity index (χ3v) is 5.17. The second kappa shape index (κ2) is 8.40. The van der Waals surface area contributed by atoms with Crippen molar-refractivity contribution in [1.29, 1.82) is 0 Å². The molecule has 2 rings (SSSR count). The molecular formula is C17H29NO3. The summed E-state index contributed by atoms with van der Waals surface area (Å²) in [5.41, 5.74) is 0. The SMILES string of the molecule is O=C(O)CCC1CCN(C(=O)CC2CCCCCC2)CC1. The molecule has 2 aliphatic rings. The highest BCUT2D eigenvalue weighted by Crippen LogP contribution is 2.27. The fraction of sp³-hybridized carbons (Fsp3) is 0.882. The highest BCUT2D eigenvalue weighted by atomic mass is 16.4. The minimum Gasteiger partial charge on any atom is -0.481 e. The molecule has 0 spiro atoms. The second-order valence-electron chi connectivity index (χ2n) is 6.82. The fourth-order valence-corrected chi connectivity index (χ4v) is 3.74.